The molecule has 0 aromatic heterocycles. The quantitative estimate of drug-likeness (QED) is 0.639. The summed E-state index contributed by atoms with van der Waals surface area (Å²) in [4.78, 5) is 22.5. The van der Waals surface area contributed by atoms with Gasteiger partial charge in [0.1, 0.15) is 5.78 Å². The number of carbonyl (C=O) groups excluding carboxylic acids is 2. The molecule has 1 unspecified atom stereocenters. The molecule has 0 amide bonds. The summed E-state index contributed by atoms with van der Waals surface area (Å²) in [7, 11) is 1.33. The topological polar surface area (TPSA) is 43.4 Å². The van der Waals surface area contributed by atoms with Crippen LogP contribution in [0.25, 0.3) is 0 Å². The number of methoxy groups -OCH3 is 1. The van der Waals surface area contributed by atoms with Gasteiger partial charge >= 0.3 is 5.97 Å². The highest BCUT2D eigenvalue weighted by atomic mass is 16.5. The van der Waals surface area contributed by atoms with Crippen LogP contribution in [0.3, 0.4) is 0 Å². The Hall–Kier alpha value is -1.38. The second-order valence-corrected chi connectivity index (χ2v) is 3.21. The molecule has 0 fully saturated rings. The van der Waals surface area contributed by atoms with E-state index in [0.717, 1.165) is 6.42 Å². The number of Topliss-reactive ketones (excluding diaryl/α,β-unsaturated/α-hetero) is 1. The van der Waals surface area contributed by atoms with Gasteiger partial charge in [-0.2, -0.15) is 0 Å². The summed E-state index contributed by atoms with van der Waals surface area (Å²) < 4.78 is 4.55. The van der Waals surface area contributed by atoms with Gasteiger partial charge in [0.15, 0.2) is 0 Å². The Morgan fingerprint density at radius 1 is 1.50 bits per heavy atom. The zero-order valence-electron chi connectivity index (χ0n) is 8.45. The van der Waals surface area contributed by atoms with Crippen molar-refractivity contribution in [3.63, 3.8) is 0 Å². The fourth-order valence-electron chi connectivity index (χ4n) is 1.38. The Labute approximate surface area is 83.4 Å². The van der Waals surface area contributed by atoms with Crippen LogP contribution in [-0.2, 0) is 14.3 Å². The molecule has 76 valence electrons. The maximum atomic E-state index is 11.5. The van der Waals surface area contributed by atoms with Crippen LogP contribution >= 0.6 is 0 Å². The average Bonchev–Trinajstić information content (AvgIpc) is 2.66. The molecule has 1 aliphatic carbocycles. The highest BCUT2D eigenvalue weighted by Gasteiger charge is 2.20. The smallest absolute Gasteiger partial charge is 0.337 e. The lowest BCUT2D eigenvalue weighted by atomic mass is 10.0. The summed E-state index contributed by atoms with van der Waals surface area (Å²) in [6.07, 6.45) is 6.43. The standard InChI is InChI=1S/C11H14O3/c1-3-4-10(12)8-5-6-9(7-8)11(13)14-2/h5-8H,3-4H2,1-2H3. The van der Waals surface area contributed by atoms with Crippen molar-refractivity contribution in [2.24, 2.45) is 5.92 Å². The number of ether oxygens (including phenoxy) is 1. The second-order valence-electron chi connectivity index (χ2n) is 3.21. The Morgan fingerprint density at radius 2 is 2.21 bits per heavy atom. The van der Waals surface area contributed by atoms with Crippen molar-refractivity contribution in [2.45, 2.75) is 19.8 Å². The monoisotopic (exact) mass is 194 g/mol. The van der Waals surface area contributed by atoms with Crippen LogP contribution in [0, 0.1) is 5.92 Å². The van der Waals surface area contributed by atoms with E-state index in [0.29, 0.717) is 12.0 Å². The van der Waals surface area contributed by atoms with Crippen molar-refractivity contribution in [3.05, 3.63) is 23.8 Å². The number of ketones is 1. The maximum Gasteiger partial charge on any atom is 0.337 e. The predicted octanol–water partition coefficient (Wildman–Crippen LogP) is 1.64. The van der Waals surface area contributed by atoms with E-state index in [1.807, 2.05) is 6.92 Å². The number of esters is 1. The molecule has 0 saturated heterocycles. The molecule has 1 rings (SSSR count). The van der Waals surface area contributed by atoms with Gasteiger partial charge in [0.05, 0.1) is 18.6 Å². The lowest BCUT2D eigenvalue weighted by Crippen LogP contribution is -2.08. The Morgan fingerprint density at radius 3 is 2.79 bits per heavy atom. The molecular weight excluding hydrogens is 180 g/mol. The zero-order valence-corrected chi connectivity index (χ0v) is 8.45. The summed E-state index contributed by atoms with van der Waals surface area (Å²) in [5.41, 5.74) is 0.474. The van der Waals surface area contributed by atoms with E-state index >= 15 is 0 Å². The van der Waals surface area contributed by atoms with Gasteiger partial charge in [-0.25, -0.2) is 4.79 Å². The van der Waals surface area contributed by atoms with Crippen molar-refractivity contribution in [1.82, 2.24) is 0 Å². The number of hydrogen-bond donors (Lipinski definition) is 0. The number of allylic oxidation sites excluding steroid dienone is 2. The molecule has 0 aromatic carbocycles. The zero-order chi connectivity index (χ0) is 10.6. The van der Waals surface area contributed by atoms with Crippen LogP contribution < -0.4 is 0 Å². The fraction of sp³-hybridized carbons (Fsp3) is 0.455. The van der Waals surface area contributed by atoms with E-state index in [1.165, 1.54) is 7.11 Å². The molecule has 14 heavy (non-hydrogen) atoms. The first kappa shape index (κ1) is 10.7. The minimum absolute atomic E-state index is 0.155. The number of carbonyl (C=O) groups is 2. The van der Waals surface area contributed by atoms with E-state index in [1.54, 1.807) is 18.2 Å². The largest absolute Gasteiger partial charge is 0.465 e. The van der Waals surface area contributed by atoms with Crippen molar-refractivity contribution in [2.75, 3.05) is 7.11 Å². The van der Waals surface area contributed by atoms with Crippen LogP contribution in [0.1, 0.15) is 19.8 Å². The molecule has 0 radical (unpaired) electrons. The van der Waals surface area contributed by atoms with Crippen molar-refractivity contribution in [1.29, 1.82) is 0 Å². The summed E-state index contributed by atoms with van der Waals surface area (Å²) >= 11 is 0. The highest BCUT2D eigenvalue weighted by molar-refractivity contribution is 5.96. The lowest BCUT2D eigenvalue weighted by Gasteiger charge is -2.01. The lowest BCUT2D eigenvalue weighted by molar-refractivity contribution is -0.135. The molecule has 0 aliphatic heterocycles. The van der Waals surface area contributed by atoms with Gasteiger partial charge in [-0.3, -0.25) is 4.79 Å². The Kier molecular flexibility index (Phi) is 3.63. The molecule has 0 aromatic rings. The molecule has 0 spiro atoms. The third-order valence-corrected chi connectivity index (χ3v) is 2.13. The molecule has 1 atom stereocenters. The second kappa shape index (κ2) is 4.74. The fourth-order valence-corrected chi connectivity index (χ4v) is 1.38. The third-order valence-electron chi connectivity index (χ3n) is 2.13. The first-order valence-corrected chi connectivity index (χ1v) is 4.70. The summed E-state index contributed by atoms with van der Waals surface area (Å²) in [5.74, 6) is -0.459. The normalized spacial score (nSPS) is 19.3. The molecule has 3 nitrogen and oxygen atoms in total. The molecule has 1 aliphatic rings. The number of hydrogen-bond acceptors (Lipinski definition) is 3. The number of rotatable bonds is 4. The average molecular weight is 194 g/mol. The van der Waals surface area contributed by atoms with Crippen molar-refractivity contribution >= 4 is 11.8 Å². The van der Waals surface area contributed by atoms with E-state index in [-0.39, 0.29) is 17.7 Å². The Balaban J connectivity index is 2.63. The van der Waals surface area contributed by atoms with Gasteiger partial charge in [-0.1, -0.05) is 25.2 Å². The van der Waals surface area contributed by atoms with Crippen LogP contribution in [-0.4, -0.2) is 18.9 Å². The minimum Gasteiger partial charge on any atom is -0.465 e. The third kappa shape index (κ3) is 2.31. The van der Waals surface area contributed by atoms with Gasteiger partial charge < -0.3 is 4.74 Å². The van der Waals surface area contributed by atoms with Crippen LogP contribution in [0.15, 0.2) is 23.8 Å². The molecule has 0 N–H and O–H groups in total. The summed E-state index contributed by atoms with van der Waals surface area (Å²) in [6, 6.07) is 0. The first-order chi connectivity index (χ1) is 6.69. The van der Waals surface area contributed by atoms with Gasteiger partial charge in [-0.05, 0) is 6.42 Å². The SMILES string of the molecule is CCCC(=O)C1C=CC(C(=O)OC)=C1. The maximum absolute atomic E-state index is 11.5. The molecule has 0 bridgehead atoms. The van der Waals surface area contributed by atoms with E-state index in [9.17, 15) is 9.59 Å². The van der Waals surface area contributed by atoms with E-state index < -0.39 is 0 Å². The molecular formula is C11H14O3. The van der Waals surface area contributed by atoms with Crippen LogP contribution in [0.4, 0.5) is 0 Å². The van der Waals surface area contributed by atoms with Crippen molar-refractivity contribution < 1.29 is 14.3 Å². The van der Waals surface area contributed by atoms with E-state index in [4.69, 9.17) is 0 Å². The first-order valence-electron chi connectivity index (χ1n) is 4.70. The van der Waals surface area contributed by atoms with Crippen LogP contribution in [0.2, 0.25) is 0 Å². The molecule has 3 heteroatoms. The Bertz CT molecular complexity index is 300. The molecule has 0 saturated carbocycles. The van der Waals surface area contributed by atoms with E-state index in [2.05, 4.69) is 4.74 Å². The van der Waals surface area contributed by atoms with Gasteiger partial charge in [0.2, 0.25) is 0 Å². The molecule has 0 heterocycles. The minimum atomic E-state index is -0.381. The van der Waals surface area contributed by atoms with Crippen LogP contribution in [0.5, 0.6) is 0 Å². The predicted molar refractivity (Wildman–Crippen MR) is 52.6 cm³/mol. The van der Waals surface area contributed by atoms with Gasteiger partial charge in [0.25, 0.3) is 0 Å². The van der Waals surface area contributed by atoms with Gasteiger partial charge in [-0.15, -0.1) is 0 Å². The summed E-state index contributed by atoms with van der Waals surface area (Å²) in [6.45, 7) is 1.96. The van der Waals surface area contributed by atoms with Gasteiger partial charge in [0, 0.05) is 6.42 Å². The highest BCUT2D eigenvalue weighted by Crippen LogP contribution is 2.19. The van der Waals surface area contributed by atoms with Crippen molar-refractivity contribution in [3.8, 4) is 0 Å². The summed E-state index contributed by atoms with van der Waals surface area (Å²) in [5, 5.41) is 0.